The van der Waals surface area contributed by atoms with Crippen LogP contribution in [0.3, 0.4) is 0 Å². The molecule has 0 fully saturated rings. The highest BCUT2D eigenvalue weighted by Gasteiger charge is 2.18. The number of methoxy groups -OCH3 is 1. The van der Waals surface area contributed by atoms with Crippen molar-refractivity contribution in [1.82, 2.24) is 0 Å². The molecule has 0 aliphatic heterocycles. The van der Waals surface area contributed by atoms with Gasteiger partial charge in [0.2, 0.25) is 0 Å². The fraction of sp³-hybridized carbons (Fsp3) is 0.0500. The summed E-state index contributed by atoms with van der Waals surface area (Å²) in [6.45, 7) is 0. The predicted octanol–water partition coefficient (Wildman–Crippen LogP) is 5.19. The largest absolute Gasteiger partial charge is 0.497 e. The lowest BCUT2D eigenvalue weighted by Gasteiger charge is -2.11. The van der Waals surface area contributed by atoms with Crippen molar-refractivity contribution in [2.75, 3.05) is 17.1 Å². The van der Waals surface area contributed by atoms with Crippen LogP contribution in [0.25, 0.3) is 0 Å². The van der Waals surface area contributed by atoms with Crippen LogP contribution >= 0.6 is 23.2 Å². The second-order valence-electron chi connectivity index (χ2n) is 6.05. The number of benzene rings is 3. The van der Waals surface area contributed by atoms with E-state index in [1.807, 2.05) is 0 Å². The average molecular weight is 469 g/mol. The molecule has 0 radical (unpaired) electrons. The summed E-state index contributed by atoms with van der Waals surface area (Å²) in [5.74, 6) is -1.03. The second kappa shape index (κ2) is 8.91. The number of anilines is 2. The summed E-state index contributed by atoms with van der Waals surface area (Å²) in [4.78, 5) is 12.0. The molecule has 3 aromatic rings. The van der Waals surface area contributed by atoms with Crippen LogP contribution in [0, 0.1) is 5.82 Å². The summed E-state index contributed by atoms with van der Waals surface area (Å²) in [6, 6.07) is 13.6. The third-order valence-corrected chi connectivity index (χ3v) is 5.94. The summed E-state index contributed by atoms with van der Waals surface area (Å²) in [6.07, 6.45) is 0. The van der Waals surface area contributed by atoms with Crippen LogP contribution in [0.15, 0.2) is 65.6 Å². The van der Waals surface area contributed by atoms with Crippen LogP contribution in [0.5, 0.6) is 5.75 Å². The number of hydrogen-bond donors (Lipinski definition) is 2. The van der Waals surface area contributed by atoms with Crippen molar-refractivity contribution in [3.05, 3.63) is 82.1 Å². The molecule has 3 aromatic carbocycles. The van der Waals surface area contributed by atoms with E-state index in [-0.39, 0.29) is 26.9 Å². The molecule has 0 unspecified atom stereocenters. The standard InChI is InChI=1S/C20H15Cl2FN2O4S/c1-29-14-5-3-13(4-6-14)25-30(27,28)15-7-9-19(18(23)11-15)24-20(26)16-8-2-12(21)10-17(16)22/h2-11,25H,1H3,(H,24,26). The van der Waals surface area contributed by atoms with Gasteiger partial charge in [0, 0.05) is 10.7 Å². The van der Waals surface area contributed by atoms with Gasteiger partial charge in [-0.1, -0.05) is 23.2 Å². The van der Waals surface area contributed by atoms with E-state index >= 15 is 0 Å². The van der Waals surface area contributed by atoms with Gasteiger partial charge < -0.3 is 10.1 Å². The van der Waals surface area contributed by atoms with E-state index in [4.69, 9.17) is 27.9 Å². The molecule has 156 valence electrons. The average Bonchev–Trinajstić information content (AvgIpc) is 2.69. The number of ether oxygens (including phenoxy) is 1. The first-order chi connectivity index (χ1) is 14.2. The maximum absolute atomic E-state index is 14.5. The summed E-state index contributed by atoms with van der Waals surface area (Å²) >= 11 is 11.8. The first kappa shape index (κ1) is 21.9. The summed E-state index contributed by atoms with van der Waals surface area (Å²) in [5.41, 5.74) is 0.179. The Morgan fingerprint density at radius 2 is 1.70 bits per heavy atom. The van der Waals surface area contributed by atoms with Crippen LogP contribution in [-0.4, -0.2) is 21.4 Å². The Kier molecular flexibility index (Phi) is 6.50. The SMILES string of the molecule is COc1ccc(NS(=O)(=O)c2ccc(NC(=O)c3ccc(Cl)cc3Cl)c(F)c2)cc1. The van der Waals surface area contributed by atoms with Gasteiger partial charge in [-0.25, -0.2) is 12.8 Å². The predicted molar refractivity (Wildman–Crippen MR) is 115 cm³/mol. The van der Waals surface area contributed by atoms with E-state index < -0.39 is 21.7 Å². The Morgan fingerprint density at radius 3 is 2.30 bits per heavy atom. The van der Waals surface area contributed by atoms with Gasteiger partial charge in [-0.05, 0) is 60.7 Å². The van der Waals surface area contributed by atoms with Crippen molar-refractivity contribution < 1.29 is 22.3 Å². The molecule has 30 heavy (non-hydrogen) atoms. The van der Waals surface area contributed by atoms with Crippen molar-refractivity contribution in [1.29, 1.82) is 0 Å². The molecule has 6 nitrogen and oxygen atoms in total. The van der Waals surface area contributed by atoms with Crippen LogP contribution < -0.4 is 14.8 Å². The normalized spacial score (nSPS) is 11.1. The number of halogens is 3. The maximum Gasteiger partial charge on any atom is 0.261 e. The van der Waals surface area contributed by atoms with Crippen molar-refractivity contribution in [2.45, 2.75) is 4.90 Å². The third kappa shape index (κ3) is 5.02. The Bertz CT molecular complexity index is 1200. The molecule has 0 heterocycles. The number of sulfonamides is 1. The Morgan fingerprint density at radius 1 is 1.00 bits per heavy atom. The minimum absolute atomic E-state index is 0.0957. The lowest BCUT2D eigenvalue weighted by molar-refractivity contribution is 0.102. The molecular formula is C20H15Cl2FN2O4S. The fourth-order valence-electron chi connectivity index (χ4n) is 2.50. The molecule has 2 N–H and O–H groups in total. The minimum atomic E-state index is -4.04. The van der Waals surface area contributed by atoms with Crippen molar-refractivity contribution >= 4 is 50.5 Å². The topological polar surface area (TPSA) is 84.5 Å². The van der Waals surface area contributed by atoms with E-state index in [0.29, 0.717) is 10.8 Å². The molecule has 1 amide bonds. The molecule has 3 rings (SSSR count). The van der Waals surface area contributed by atoms with Crippen molar-refractivity contribution in [2.24, 2.45) is 0 Å². The number of amides is 1. The van der Waals surface area contributed by atoms with Gasteiger partial charge in [-0.3, -0.25) is 9.52 Å². The van der Waals surface area contributed by atoms with Crippen LogP contribution in [0.1, 0.15) is 10.4 Å². The third-order valence-electron chi connectivity index (χ3n) is 4.02. The van der Waals surface area contributed by atoms with Gasteiger partial charge in [0.15, 0.2) is 0 Å². The first-order valence-corrected chi connectivity index (χ1v) is 10.7. The zero-order valence-corrected chi connectivity index (χ0v) is 17.8. The minimum Gasteiger partial charge on any atom is -0.497 e. The second-order valence-corrected chi connectivity index (χ2v) is 8.58. The number of hydrogen-bond acceptors (Lipinski definition) is 4. The van der Waals surface area contributed by atoms with Gasteiger partial charge >= 0.3 is 0 Å². The van der Waals surface area contributed by atoms with E-state index in [9.17, 15) is 17.6 Å². The Hall–Kier alpha value is -2.81. The Balaban J connectivity index is 1.79. The van der Waals surface area contributed by atoms with Crippen LogP contribution in [-0.2, 0) is 10.0 Å². The van der Waals surface area contributed by atoms with E-state index in [0.717, 1.165) is 12.1 Å². The fourth-order valence-corrected chi connectivity index (χ4v) is 4.07. The van der Waals surface area contributed by atoms with Gasteiger partial charge in [0.1, 0.15) is 11.6 Å². The van der Waals surface area contributed by atoms with Crippen LogP contribution in [0.2, 0.25) is 10.0 Å². The quantitative estimate of drug-likeness (QED) is 0.520. The molecule has 0 bridgehead atoms. The Labute approximate surface area is 182 Å². The molecule has 0 atom stereocenters. The summed E-state index contributed by atoms with van der Waals surface area (Å²) in [5, 5.41) is 2.81. The van der Waals surface area contributed by atoms with Crippen molar-refractivity contribution in [3.8, 4) is 5.75 Å². The molecule has 0 aromatic heterocycles. The van der Waals surface area contributed by atoms with Gasteiger partial charge in [-0.15, -0.1) is 0 Å². The monoisotopic (exact) mass is 468 g/mol. The summed E-state index contributed by atoms with van der Waals surface area (Å²) < 4.78 is 46.9. The van der Waals surface area contributed by atoms with E-state index in [1.54, 1.807) is 12.1 Å². The highest BCUT2D eigenvalue weighted by atomic mass is 35.5. The van der Waals surface area contributed by atoms with Gasteiger partial charge in [-0.2, -0.15) is 0 Å². The van der Waals surface area contributed by atoms with Gasteiger partial charge in [0.05, 0.1) is 28.3 Å². The number of carbonyl (C=O) groups is 1. The molecule has 0 aliphatic rings. The zero-order valence-electron chi connectivity index (χ0n) is 15.4. The molecule has 0 saturated carbocycles. The zero-order chi connectivity index (χ0) is 21.9. The molecule has 0 saturated heterocycles. The molecular weight excluding hydrogens is 454 g/mol. The molecule has 0 aliphatic carbocycles. The molecule has 0 spiro atoms. The first-order valence-electron chi connectivity index (χ1n) is 8.42. The maximum atomic E-state index is 14.5. The van der Waals surface area contributed by atoms with E-state index in [2.05, 4.69) is 10.0 Å². The van der Waals surface area contributed by atoms with Crippen LogP contribution in [0.4, 0.5) is 15.8 Å². The number of nitrogens with one attached hydrogen (secondary N) is 2. The lowest BCUT2D eigenvalue weighted by Crippen LogP contribution is -2.15. The van der Waals surface area contributed by atoms with E-state index in [1.165, 1.54) is 43.5 Å². The lowest BCUT2D eigenvalue weighted by atomic mass is 10.2. The van der Waals surface area contributed by atoms with Gasteiger partial charge in [0.25, 0.3) is 15.9 Å². The number of rotatable bonds is 6. The highest BCUT2D eigenvalue weighted by molar-refractivity contribution is 7.92. The smallest absolute Gasteiger partial charge is 0.261 e. The summed E-state index contributed by atoms with van der Waals surface area (Å²) in [7, 11) is -2.55. The number of carbonyl (C=O) groups excluding carboxylic acids is 1. The highest BCUT2D eigenvalue weighted by Crippen LogP contribution is 2.25. The molecule has 10 heteroatoms. The van der Waals surface area contributed by atoms with Crippen molar-refractivity contribution in [3.63, 3.8) is 0 Å².